The van der Waals surface area contributed by atoms with Crippen LogP contribution in [0.1, 0.15) is 12.5 Å². The molecule has 0 radical (unpaired) electrons. The Hall–Kier alpha value is -1.56. The number of carboxylic acid groups (broad SMARTS) is 1. The molecule has 0 aliphatic heterocycles. The lowest BCUT2D eigenvalue weighted by Crippen LogP contribution is -2.33. The summed E-state index contributed by atoms with van der Waals surface area (Å²) in [7, 11) is 0. The molecule has 1 rings (SSSR count). The van der Waals surface area contributed by atoms with Gasteiger partial charge < -0.3 is 15.2 Å². The molecule has 0 aliphatic carbocycles. The Bertz CT molecular complexity index is 436. The average molecular weight is 284 g/mol. The van der Waals surface area contributed by atoms with E-state index in [1.165, 1.54) is 19.1 Å². The first-order chi connectivity index (χ1) is 8.99. The lowest BCUT2D eigenvalue weighted by atomic mass is 10.1. The van der Waals surface area contributed by atoms with Crippen LogP contribution in [-0.4, -0.2) is 29.4 Å². The number of benzene rings is 1. The van der Waals surface area contributed by atoms with Crippen molar-refractivity contribution in [2.24, 2.45) is 0 Å². The van der Waals surface area contributed by atoms with Crippen molar-refractivity contribution in [1.82, 2.24) is 5.32 Å². The average Bonchev–Trinajstić information content (AvgIpc) is 2.38. The summed E-state index contributed by atoms with van der Waals surface area (Å²) < 4.78 is 12.7. The van der Waals surface area contributed by atoms with Gasteiger partial charge in [0.1, 0.15) is 5.82 Å². The Kier molecular flexibility index (Phi) is 6.35. The van der Waals surface area contributed by atoms with E-state index in [0.717, 1.165) is 17.3 Å². The molecule has 0 bridgehead atoms. The molecule has 4 nitrogen and oxygen atoms in total. The SMILES string of the molecule is C[C@@H](SCC(=O)NCCc1ccc(F)cc1)C(=O)[O-]. The highest BCUT2D eigenvalue weighted by atomic mass is 32.2. The van der Waals surface area contributed by atoms with Crippen molar-refractivity contribution in [3.63, 3.8) is 0 Å². The molecule has 0 saturated heterocycles. The number of rotatable bonds is 7. The van der Waals surface area contributed by atoms with Crippen molar-refractivity contribution in [3.05, 3.63) is 35.6 Å². The predicted octanol–water partition coefficient (Wildman–Crippen LogP) is 0.356. The first-order valence-electron chi connectivity index (χ1n) is 5.82. The van der Waals surface area contributed by atoms with Gasteiger partial charge in [0.2, 0.25) is 5.91 Å². The van der Waals surface area contributed by atoms with Crippen LogP contribution in [0.3, 0.4) is 0 Å². The fourth-order valence-electron chi connectivity index (χ4n) is 1.32. The zero-order valence-electron chi connectivity index (χ0n) is 10.5. The number of aliphatic carboxylic acids is 1. The molecule has 0 aliphatic rings. The Morgan fingerprint density at radius 2 is 2.00 bits per heavy atom. The van der Waals surface area contributed by atoms with Crippen molar-refractivity contribution >= 4 is 23.6 Å². The summed E-state index contributed by atoms with van der Waals surface area (Å²) in [5.41, 5.74) is 0.928. The van der Waals surface area contributed by atoms with Crippen LogP contribution < -0.4 is 10.4 Å². The van der Waals surface area contributed by atoms with Crippen molar-refractivity contribution < 1.29 is 19.1 Å². The number of hydrogen-bond acceptors (Lipinski definition) is 4. The molecule has 19 heavy (non-hydrogen) atoms. The van der Waals surface area contributed by atoms with Crippen LogP contribution in [0.4, 0.5) is 4.39 Å². The van der Waals surface area contributed by atoms with E-state index in [-0.39, 0.29) is 17.5 Å². The number of carboxylic acids is 1. The maximum atomic E-state index is 12.7. The van der Waals surface area contributed by atoms with Crippen LogP contribution in [0, 0.1) is 5.82 Å². The monoisotopic (exact) mass is 284 g/mol. The zero-order chi connectivity index (χ0) is 14.3. The maximum absolute atomic E-state index is 12.7. The van der Waals surface area contributed by atoms with E-state index in [1.54, 1.807) is 12.1 Å². The molecule has 1 aromatic carbocycles. The zero-order valence-corrected chi connectivity index (χ0v) is 11.3. The molecule has 1 atom stereocenters. The van der Waals surface area contributed by atoms with E-state index in [4.69, 9.17) is 0 Å². The number of nitrogens with one attached hydrogen (secondary N) is 1. The third-order valence-corrected chi connectivity index (χ3v) is 3.57. The molecule has 1 amide bonds. The normalized spacial score (nSPS) is 11.9. The molecule has 0 aromatic heterocycles. The standard InChI is InChI=1S/C13H16FNO3S/c1-9(13(17)18)19-8-12(16)15-7-6-10-2-4-11(14)5-3-10/h2-5,9H,6-8H2,1H3,(H,15,16)(H,17,18)/p-1/t9-/m1/s1. The van der Waals surface area contributed by atoms with Crippen LogP contribution in [0.2, 0.25) is 0 Å². The largest absolute Gasteiger partial charge is 0.549 e. The number of amides is 1. The molecule has 0 heterocycles. The number of carbonyl (C=O) groups is 2. The van der Waals surface area contributed by atoms with E-state index in [9.17, 15) is 19.1 Å². The van der Waals surface area contributed by atoms with Gasteiger partial charge >= 0.3 is 0 Å². The van der Waals surface area contributed by atoms with Gasteiger partial charge in [-0.3, -0.25) is 4.79 Å². The summed E-state index contributed by atoms with van der Waals surface area (Å²) in [4.78, 5) is 21.9. The Morgan fingerprint density at radius 3 is 2.58 bits per heavy atom. The molecular weight excluding hydrogens is 269 g/mol. The van der Waals surface area contributed by atoms with E-state index < -0.39 is 11.2 Å². The summed E-state index contributed by atoms with van der Waals surface area (Å²) in [6, 6.07) is 6.06. The van der Waals surface area contributed by atoms with Crippen LogP contribution in [0.15, 0.2) is 24.3 Å². The van der Waals surface area contributed by atoms with Crippen molar-refractivity contribution in [2.45, 2.75) is 18.6 Å². The van der Waals surface area contributed by atoms with E-state index >= 15 is 0 Å². The van der Waals surface area contributed by atoms with Gasteiger partial charge in [-0.05, 0) is 31.0 Å². The number of carbonyl (C=O) groups excluding carboxylic acids is 2. The summed E-state index contributed by atoms with van der Waals surface area (Å²) in [5.74, 6) is -1.61. The number of halogens is 1. The number of hydrogen-bond donors (Lipinski definition) is 1. The second-order valence-corrected chi connectivity index (χ2v) is 5.33. The predicted molar refractivity (Wildman–Crippen MR) is 70.0 cm³/mol. The molecule has 1 aromatic rings. The highest BCUT2D eigenvalue weighted by molar-refractivity contribution is 8.01. The molecule has 0 saturated carbocycles. The highest BCUT2D eigenvalue weighted by Gasteiger charge is 2.07. The van der Waals surface area contributed by atoms with Gasteiger partial charge in [-0.1, -0.05) is 12.1 Å². The van der Waals surface area contributed by atoms with Gasteiger partial charge in [-0.25, -0.2) is 4.39 Å². The highest BCUT2D eigenvalue weighted by Crippen LogP contribution is 2.08. The van der Waals surface area contributed by atoms with Crippen LogP contribution in [0.25, 0.3) is 0 Å². The molecule has 104 valence electrons. The first kappa shape index (κ1) is 15.5. The summed E-state index contributed by atoms with van der Waals surface area (Å²) >= 11 is 1.02. The molecule has 1 N–H and O–H groups in total. The molecule has 0 unspecified atom stereocenters. The molecular formula is C13H15FNO3S-. The van der Waals surface area contributed by atoms with E-state index in [2.05, 4.69) is 5.32 Å². The maximum Gasteiger partial charge on any atom is 0.230 e. The van der Waals surface area contributed by atoms with Crippen LogP contribution in [0.5, 0.6) is 0 Å². The Balaban J connectivity index is 2.20. The molecule has 0 spiro atoms. The van der Waals surface area contributed by atoms with Gasteiger partial charge in [0.15, 0.2) is 0 Å². The van der Waals surface area contributed by atoms with Crippen LogP contribution >= 0.6 is 11.8 Å². The van der Waals surface area contributed by atoms with E-state index in [1.807, 2.05) is 0 Å². The third kappa shape index (κ3) is 6.24. The minimum Gasteiger partial charge on any atom is -0.549 e. The summed E-state index contributed by atoms with van der Waals surface area (Å²) in [6.45, 7) is 1.91. The molecule has 0 fully saturated rings. The minimum absolute atomic E-state index is 0.0819. The molecule has 6 heteroatoms. The van der Waals surface area contributed by atoms with Crippen molar-refractivity contribution in [1.29, 1.82) is 0 Å². The quantitative estimate of drug-likeness (QED) is 0.785. The first-order valence-corrected chi connectivity index (χ1v) is 6.87. The smallest absolute Gasteiger partial charge is 0.230 e. The Morgan fingerprint density at radius 1 is 1.37 bits per heavy atom. The lowest BCUT2D eigenvalue weighted by Gasteiger charge is -2.11. The van der Waals surface area contributed by atoms with Gasteiger partial charge in [0, 0.05) is 11.8 Å². The fraction of sp³-hybridized carbons (Fsp3) is 0.385. The van der Waals surface area contributed by atoms with Gasteiger partial charge in [-0.2, -0.15) is 0 Å². The lowest BCUT2D eigenvalue weighted by molar-refractivity contribution is -0.304. The van der Waals surface area contributed by atoms with Crippen molar-refractivity contribution in [3.8, 4) is 0 Å². The second kappa shape index (κ2) is 7.78. The third-order valence-electron chi connectivity index (χ3n) is 2.45. The number of thioether (sulfide) groups is 1. The van der Waals surface area contributed by atoms with Gasteiger partial charge in [0.05, 0.1) is 11.7 Å². The second-order valence-electron chi connectivity index (χ2n) is 4.00. The fourth-order valence-corrected chi connectivity index (χ4v) is 1.96. The summed E-state index contributed by atoms with van der Waals surface area (Å²) in [6.07, 6.45) is 0.604. The Labute approximate surface area is 115 Å². The van der Waals surface area contributed by atoms with Gasteiger partial charge in [0.25, 0.3) is 0 Å². The van der Waals surface area contributed by atoms with Crippen LogP contribution in [-0.2, 0) is 16.0 Å². The van der Waals surface area contributed by atoms with Crippen molar-refractivity contribution in [2.75, 3.05) is 12.3 Å². The van der Waals surface area contributed by atoms with E-state index in [0.29, 0.717) is 13.0 Å². The topological polar surface area (TPSA) is 69.2 Å². The minimum atomic E-state index is -1.18. The summed E-state index contributed by atoms with van der Waals surface area (Å²) in [5, 5.41) is 12.4. The van der Waals surface area contributed by atoms with Gasteiger partial charge in [-0.15, -0.1) is 11.8 Å².